The lowest BCUT2D eigenvalue weighted by Crippen LogP contribution is -2.58. The van der Waals surface area contributed by atoms with Crippen molar-refractivity contribution < 1.29 is 8.42 Å². The Morgan fingerprint density at radius 2 is 1.81 bits per heavy atom. The number of hydrogen-bond donors (Lipinski definition) is 1. The molecule has 1 heterocycles. The van der Waals surface area contributed by atoms with Crippen molar-refractivity contribution in [3.63, 3.8) is 0 Å². The molecule has 1 aliphatic rings. The summed E-state index contributed by atoms with van der Waals surface area (Å²) in [6.07, 6.45) is 0. The first kappa shape index (κ1) is 16.3. The van der Waals surface area contributed by atoms with Gasteiger partial charge in [-0.25, -0.2) is 8.42 Å². The Morgan fingerprint density at radius 1 is 1.19 bits per heavy atom. The first-order valence-corrected chi connectivity index (χ1v) is 8.77. The van der Waals surface area contributed by atoms with Gasteiger partial charge in [0.05, 0.1) is 4.90 Å². The molecular weight excluding hydrogens is 286 g/mol. The molecule has 1 fully saturated rings. The number of rotatable bonds is 4. The molecule has 21 heavy (non-hydrogen) atoms. The van der Waals surface area contributed by atoms with Crippen molar-refractivity contribution in [2.75, 3.05) is 38.5 Å². The lowest BCUT2D eigenvalue weighted by atomic mass is 10.0. The van der Waals surface area contributed by atoms with Crippen LogP contribution in [0, 0.1) is 0 Å². The van der Waals surface area contributed by atoms with Gasteiger partial charge in [0.2, 0.25) is 10.0 Å². The van der Waals surface area contributed by atoms with Gasteiger partial charge in [0.15, 0.2) is 0 Å². The summed E-state index contributed by atoms with van der Waals surface area (Å²) >= 11 is 0. The van der Waals surface area contributed by atoms with Gasteiger partial charge in [-0.3, -0.25) is 4.90 Å². The number of nitrogens with zero attached hydrogens (tertiary/aromatic N) is 2. The molecular formula is C15H25N3O2S. The van der Waals surface area contributed by atoms with E-state index in [1.807, 2.05) is 26.1 Å². The first-order valence-electron chi connectivity index (χ1n) is 7.33. The van der Waals surface area contributed by atoms with E-state index in [1.165, 1.54) is 0 Å². The van der Waals surface area contributed by atoms with E-state index in [0.29, 0.717) is 18.0 Å². The van der Waals surface area contributed by atoms with Crippen molar-refractivity contribution in [1.82, 2.24) is 9.21 Å². The monoisotopic (exact) mass is 311 g/mol. The van der Waals surface area contributed by atoms with Gasteiger partial charge in [0.1, 0.15) is 0 Å². The third-order valence-electron chi connectivity index (χ3n) is 4.15. The largest absolute Gasteiger partial charge is 0.385 e. The SMILES string of the molecule is CCNc1ccc(S(=O)(=O)N2CCN(C)C(C)(C)C2)cc1. The number of piperazine rings is 1. The van der Waals surface area contributed by atoms with Crippen LogP contribution in [0.2, 0.25) is 0 Å². The first-order chi connectivity index (χ1) is 9.77. The van der Waals surface area contributed by atoms with E-state index in [-0.39, 0.29) is 5.54 Å². The van der Waals surface area contributed by atoms with Crippen LogP contribution in [-0.2, 0) is 10.0 Å². The highest BCUT2D eigenvalue weighted by Crippen LogP contribution is 2.25. The fraction of sp³-hybridized carbons (Fsp3) is 0.600. The number of likely N-dealkylation sites (N-methyl/N-ethyl adjacent to an activating group) is 1. The molecule has 0 bridgehead atoms. The highest BCUT2D eigenvalue weighted by Gasteiger charge is 2.37. The Kier molecular flexibility index (Phi) is 4.60. The van der Waals surface area contributed by atoms with Crippen LogP contribution in [0.1, 0.15) is 20.8 Å². The maximum atomic E-state index is 12.7. The van der Waals surface area contributed by atoms with Gasteiger partial charge in [-0.05, 0) is 52.1 Å². The zero-order valence-electron chi connectivity index (χ0n) is 13.3. The van der Waals surface area contributed by atoms with Crippen LogP contribution in [0.25, 0.3) is 0 Å². The Bertz CT molecular complexity index is 581. The van der Waals surface area contributed by atoms with E-state index in [4.69, 9.17) is 0 Å². The van der Waals surface area contributed by atoms with Crippen LogP contribution in [0.5, 0.6) is 0 Å². The smallest absolute Gasteiger partial charge is 0.243 e. The predicted octanol–water partition coefficient (Wildman–Crippen LogP) is 1.83. The Balaban J connectivity index is 2.22. The van der Waals surface area contributed by atoms with Crippen molar-refractivity contribution in [3.8, 4) is 0 Å². The van der Waals surface area contributed by atoms with Crippen molar-refractivity contribution in [2.45, 2.75) is 31.2 Å². The van der Waals surface area contributed by atoms with Crippen molar-refractivity contribution in [3.05, 3.63) is 24.3 Å². The molecule has 1 N–H and O–H groups in total. The highest BCUT2D eigenvalue weighted by molar-refractivity contribution is 7.89. The molecule has 1 aliphatic heterocycles. The van der Waals surface area contributed by atoms with Crippen LogP contribution in [0.4, 0.5) is 5.69 Å². The Hall–Kier alpha value is -1.11. The molecule has 0 radical (unpaired) electrons. The van der Waals surface area contributed by atoms with Gasteiger partial charge < -0.3 is 5.32 Å². The molecule has 5 nitrogen and oxygen atoms in total. The molecule has 0 amide bonds. The topological polar surface area (TPSA) is 52.7 Å². The molecule has 0 atom stereocenters. The van der Waals surface area contributed by atoms with E-state index in [9.17, 15) is 8.42 Å². The maximum absolute atomic E-state index is 12.7. The van der Waals surface area contributed by atoms with E-state index >= 15 is 0 Å². The summed E-state index contributed by atoms with van der Waals surface area (Å²) in [6.45, 7) is 8.78. The van der Waals surface area contributed by atoms with Gasteiger partial charge in [0, 0.05) is 37.4 Å². The zero-order valence-corrected chi connectivity index (χ0v) is 14.1. The number of sulfonamides is 1. The molecule has 2 rings (SSSR count). The standard InChI is InChI=1S/C15H25N3O2S/c1-5-16-13-6-8-14(9-7-13)21(19,20)18-11-10-17(4)15(2,3)12-18/h6-9,16H,5,10-12H2,1-4H3. The fourth-order valence-electron chi connectivity index (χ4n) is 2.50. The highest BCUT2D eigenvalue weighted by atomic mass is 32.2. The van der Waals surface area contributed by atoms with E-state index in [1.54, 1.807) is 16.4 Å². The van der Waals surface area contributed by atoms with Crippen molar-refractivity contribution in [1.29, 1.82) is 0 Å². The number of hydrogen-bond acceptors (Lipinski definition) is 4. The summed E-state index contributed by atoms with van der Waals surface area (Å²) < 4.78 is 27.1. The second-order valence-corrected chi connectivity index (χ2v) is 8.07. The van der Waals surface area contributed by atoms with E-state index in [2.05, 4.69) is 24.1 Å². The quantitative estimate of drug-likeness (QED) is 0.922. The van der Waals surface area contributed by atoms with E-state index in [0.717, 1.165) is 18.8 Å². The molecule has 0 unspecified atom stereocenters. The molecule has 0 aromatic heterocycles. The molecule has 0 spiro atoms. The van der Waals surface area contributed by atoms with Crippen LogP contribution in [0.15, 0.2) is 29.2 Å². The Labute approximate surface area is 128 Å². The minimum atomic E-state index is -3.41. The summed E-state index contributed by atoms with van der Waals surface area (Å²) in [5.41, 5.74) is 0.796. The van der Waals surface area contributed by atoms with Crippen molar-refractivity contribution in [2.24, 2.45) is 0 Å². The summed E-state index contributed by atoms with van der Waals surface area (Å²) in [5.74, 6) is 0. The minimum absolute atomic E-state index is 0.144. The van der Waals surface area contributed by atoms with Gasteiger partial charge in [-0.2, -0.15) is 4.31 Å². The van der Waals surface area contributed by atoms with Crippen LogP contribution >= 0.6 is 0 Å². The normalized spacial score (nSPS) is 20.4. The third-order valence-corrected chi connectivity index (χ3v) is 6.01. The number of anilines is 1. The summed E-state index contributed by atoms with van der Waals surface area (Å²) in [5, 5.41) is 3.17. The van der Waals surface area contributed by atoms with E-state index < -0.39 is 10.0 Å². The predicted molar refractivity (Wildman–Crippen MR) is 86.1 cm³/mol. The Morgan fingerprint density at radius 3 is 2.33 bits per heavy atom. The lowest BCUT2D eigenvalue weighted by Gasteiger charge is -2.44. The minimum Gasteiger partial charge on any atom is -0.385 e. The van der Waals surface area contributed by atoms with Crippen molar-refractivity contribution >= 4 is 15.7 Å². The fourth-order valence-corrected chi connectivity index (χ4v) is 4.08. The second kappa shape index (κ2) is 5.94. The third kappa shape index (κ3) is 3.39. The molecule has 0 aliphatic carbocycles. The zero-order chi connectivity index (χ0) is 15.7. The second-order valence-electron chi connectivity index (χ2n) is 6.13. The lowest BCUT2D eigenvalue weighted by molar-refractivity contribution is 0.0801. The molecule has 1 aromatic carbocycles. The molecule has 118 valence electrons. The summed E-state index contributed by atoms with van der Waals surface area (Å²) in [6, 6.07) is 6.99. The number of nitrogens with one attached hydrogen (secondary N) is 1. The van der Waals surface area contributed by atoms with Crippen LogP contribution in [-0.4, -0.2) is 56.4 Å². The number of benzene rings is 1. The van der Waals surface area contributed by atoms with Gasteiger partial charge in [-0.15, -0.1) is 0 Å². The molecule has 1 saturated heterocycles. The average molecular weight is 311 g/mol. The molecule has 0 saturated carbocycles. The molecule has 6 heteroatoms. The van der Waals surface area contributed by atoms with Crippen LogP contribution in [0.3, 0.4) is 0 Å². The summed E-state index contributed by atoms with van der Waals surface area (Å²) in [4.78, 5) is 2.57. The molecule has 1 aromatic rings. The van der Waals surface area contributed by atoms with Gasteiger partial charge in [-0.1, -0.05) is 0 Å². The van der Waals surface area contributed by atoms with Crippen LogP contribution < -0.4 is 5.32 Å². The average Bonchev–Trinajstić information content (AvgIpc) is 2.42. The van der Waals surface area contributed by atoms with Gasteiger partial charge >= 0.3 is 0 Å². The maximum Gasteiger partial charge on any atom is 0.243 e. The van der Waals surface area contributed by atoms with Gasteiger partial charge in [0.25, 0.3) is 0 Å². The summed E-state index contributed by atoms with van der Waals surface area (Å²) in [7, 11) is -1.37.